The van der Waals surface area contributed by atoms with Crippen LogP contribution in [0.5, 0.6) is 5.75 Å². The SMILES string of the molecule is COc1ccc(CC2CC(=O)Nc3ccccc3S2(=O)=O)cc1. The fourth-order valence-corrected chi connectivity index (χ4v) is 4.56. The van der Waals surface area contributed by atoms with E-state index in [-0.39, 0.29) is 23.6 Å². The van der Waals surface area contributed by atoms with Crippen molar-refractivity contribution in [3.8, 4) is 5.75 Å². The molecule has 23 heavy (non-hydrogen) atoms. The first kappa shape index (κ1) is 15.6. The van der Waals surface area contributed by atoms with Crippen molar-refractivity contribution in [1.29, 1.82) is 0 Å². The molecule has 1 heterocycles. The number of ether oxygens (including phenoxy) is 1. The molecule has 5 nitrogen and oxygen atoms in total. The molecule has 1 amide bonds. The number of rotatable bonds is 3. The van der Waals surface area contributed by atoms with Gasteiger partial charge in [-0.2, -0.15) is 0 Å². The molecule has 1 atom stereocenters. The molecule has 120 valence electrons. The zero-order valence-electron chi connectivity index (χ0n) is 12.7. The maximum Gasteiger partial charge on any atom is 0.225 e. The van der Waals surface area contributed by atoms with Gasteiger partial charge in [-0.15, -0.1) is 0 Å². The number of para-hydroxylation sites is 1. The molecule has 6 heteroatoms. The van der Waals surface area contributed by atoms with E-state index in [1.54, 1.807) is 37.4 Å². The number of sulfone groups is 1. The van der Waals surface area contributed by atoms with Crippen LogP contribution in [0, 0.1) is 0 Å². The molecule has 0 aromatic heterocycles. The summed E-state index contributed by atoms with van der Waals surface area (Å²) in [6.07, 6.45) is 0.233. The Morgan fingerprint density at radius 3 is 2.52 bits per heavy atom. The summed E-state index contributed by atoms with van der Waals surface area (Å²) in [4.78, 5) is 12.2. The Labute approximate surface area is 135 Å². The predicted molar refractivity (Wildman–Crippen MR) is 87.4 cm³/mol. The number of fused-ring (bicyclic) bond motifs is 1. The van der Waals surface area contributed by atoms with Gasteiger partial charge in [-0.1, -0.05) is 24.3 Å². The van der Waals surface area contributed by atoms with E-state index in [2.05, 4.69) is 5.32 Å². The van der Waals surface area contributed by atoms with Gasteiger partial charge in [0.2, 0.25) is 5.91 Å². The van der Waals surface area contributed by atoms with Crippen molar-refractivity contribution in [3.63, 3.8) is 0 Å². The third-order valence-electron chi connectivity index (χ3n) is 3.94. The van der Waals surface area contributed by atoms with Crippen LogP contribution in [0.2, 0.25) is 0 Å². The highest BCUT2D eigenvalue weighted by atomic mass is 32.2. The monoisotopic (exact) mass is 331 g/mol. The van der Waals surface area contributed by atoms with Crippen LogP contribution in [-0.2, 0) is 21.1 Å². The first-order chi connectivity index (χ1) is 11.0. The van der Waals surface area contributed by atoms with Gasteiger partial charge in [-0.3, -0.25) is 4.79 Å². The highest BCUT2D eigenvalue weighted by molar-refractivity contribution is 7.92. The van der Waals surface area contributed by atoms with Crippen molar-refractivity contribution in [2.75, 3.05) is 12.4 Å². The summed E-state index contributed by atoms with van der Waals surface area (Å²) in [6.45, 7) is 0. The second-order valence-electron chi connectivity index (χ2n) is 5.47. The van der Waals surface area contributed by atoms with Crippen molar-refractivity contribution >= 4 is 21.4 Å². The van der Waals surface area contributed by atoms with Gasteiger partial charge in [0, 0.05) is 6.42 Å². The lowest BCUT2D eigenvalue weighted by Gasteiger charge is -2.15. The van der Waals surface area contributed by atoms with Crippen molar-refractivity contribution in [2.24, 2.45) is 0 Å². The first-order valence-electron chi connectivity index (χ1n) is 7.26. The van der Waals surface area contributed by atoms with Gasteiger partial charge in [0.05, 0.1) is 22.9 Å². The van der Waals surface area contributed by atoms with Gasteiger partial charge in [0.1, 0.15) is 5.75 Å². The normalized spacial score (nSPS) is 19.3. The Balaban J connectivity index is 1.96. The highest BCUT2D eigenvalue weighted by Gasteiger charge is 2.34. The van der Waals surface area contributed by atoms with Gasteiger partial charge in [-0.25, -0.2) is 8.42 Å². The van der Waals surface area contributed by atoms with Crippen molar-refractivity contribution in [3.05, 3.63) is 54.1 Å². The highest BCUT2D eigenvalue weighted by Crippen LogP contribution is 2.31. The first-order valence-corrected chi connectivity index (χ1v) is 8.81. The minimum absolute atomic E-state index is 0.0525. The fourth-order valence-electron chi connectivity index (χ4n) is 2.72. The van der Waals surface area contributed by atoms with Crippen LogP contribution in [0.15, 0.2) is 53.4 Å². The molecule has 1 N–H and O–H groups in total. The number of carbonyl (C=O) groups is 1. The van der Waals surface area contributed by atoms with Gasteiger partial charge in [0.15, 0.2) is 9.84 Å². The van der Waals surface area contributed by atoms with Crippen LogP contribution in [0.25, 0.3) is 0 Å². The average Bonchev–Trinajstić information content (AvgIpc) is 2.63. The van der Waals surface area contributed by atoms with Gasteiger partial charge < -0.3 is 10.1 Å². The predicted octanol–water partition coefficient (Wildman–Crippen LogP) is 2.42. The van der Waals surface area contributed by atoms with Crippen LogP contribution < -0.4 is 10.1 Å². The molecule has 1 unspecified atom stereocenters. The van der Waals surface area contributed by atoms with E-state index in [1.807, 2.05) is 12.1 Å². The summed E-state index contributed by atoms with van der Waals surface area (Å²) >= 11 is 0. The average molecular weight is 331 g/mol. The molecule has 0 saturated heterocycles. The topological polar surface area (TPSA) is 72.5 Å². The molecule has 1 aliphatic heterocycles. The molecule has 2 aromatic carbocycles. The Kier molecular flexibility index (Phi) is 4.09. The number of anilines is 1. The van der Waals surface area contributed by atoms with E-state index in [4.69, 9.17) is 4.74 Å². The van der Waals surface area contributed by atoms with E-state index in [0.717, 1.165) is 5.56 Å². The van der Waals surface area contributed by atoms with Crippen LogP contribution in [0.4, 0.5) is 5.69 Å². The van der Waals surface area contributed by atoms with E-state index >= 15 is 0 Å². The molecule has 1 aliphatic rings. The van der Waals surface area contributed by atoms with E-state index in [0.29, 0.717) is 11.4 Å². The second kappa shape index (κ2) is 6.04. The number of benzene rings is 2. The minimum Gasteiger partial charge on any atom is -0.497 e. The van der Waals surface area contributed by atoms with E-state index < -0.39 is 15.1 Å². The largest absolute Gasteiger partial charge is 0.497 e. The van der Waals surface area contributed by atoms with Gasteiger partial charge in [-0.05, 0) is 36.2 Å². The Hall–Kier alpha value is -2.34. The maximum atomic E-state index is 12.9. The molecule has 0 bridgehead atoms. The molecular weight excluding hydrogens is 314 g/mol. The van der Waals surface area contributed by atoms with Crippen LogP contribution in [0.3, 0.4) is 0 Å². The number of methoxy groups -OCH3 is 1. The number of amides is 1. The van der Waals surface area contributed by atoms with Crippen LogP contribution in [0.1, 0.15) is 12.0 Å². The number of hydrogen-bond donors (Lipinski definition) is 1. The third-order valence-corrected chi connectivity index (χ3v) is 6.12. The van der Waals surface area contributed by atoms with Crippen molar-refractivity contribution in [1.82, 2.24) is 0 Å². The zero-order valence-corrected chi connectivity index (χ0v) is 13.5. The van der Waals surface area contributed by atoms with Crippen molar-refractivity contribution in [2.45, 2.75) is 23.0 Å². The summed E-state index contributed by atoms with van der Waals surface area (Å²) in [6, 6.07) is 13.7. The molecule has 0 radical (unpaired) electrons. The lowest BCUT2D eigenvalue weighted by Crippen LogP contribution is -2.26. The van der Waals surface area contributed by atoms with E-state index in [1.165, 1.54) is 6.07 Å². The number of nitrogens with one attached hydrogen (secondary N) is 1. The summed E-state index contributed by atoms with van der Waals surface area (Å²) < 4.78 is 30.9. The molecular formula is C17H17NO4S. The minimum atomic E-state index is -3.58. The molecule has 3 rings (SSSR count). The Bertz CT molecular complexity index is 828. The van der Waals surface area contributed by atoms with Crippen LogP contribution in [-0.4, -0.2) is 26.7 Å². The number of carbonyl (C=O) groups excluding carboxylic acids is 1. The third kappa shape index (κ3) is 3.07. The van der Waals surface area contributed by atoms with Crippen molar-refractivity contribution < 1.29 is 17.9 Å². The number of hydrogen-bond acceptors (Lipinski definition) is 4. The van der Waals surface area contributed by atoms with Crippen LogP contribution >= 0.6 is 0 Å². The van der Waals surface area contributed by atoms with Gasteiger partial charge >= 0.3 is 0 Å². The molecule has 0 saturated carbocycles. The smallest absolute Gasteiger partial charge is 0.225 e. The lowest BCUT2D eigenvalue weighted by atomic mass is 10.1. The summed E-state index contributed by atoms with van der Waals surface area (Å²) in [5, 5.41) is 1.90. The molecule has 0 spiro atoms. The fraction of sp³-hybridized carbons (Fsp3) is 0.235. The quantitative estimate of drug-likeness (QED) is 0.937. The molecule has 2 aromatic rings. The molecule has 0 fully saturated rings. The van der Waals surface area contributed by atoms with Gasteiger partial charge in [0.25, 0.3) is 0 Å². The summed E-state index contributed by atoms with van der Waals surface area (Å²) in [7, 11) is -2.01. The standard InChI is InChI=1S/C17H17NO4S/c1-22-13-8-6-12(7-9-13)10-14-11-17(19)18-15-4-2-3-5-16(15)23(14,20)21/h2-9,14H,10-11H2,1H3,(H,18,19). The second-order valence-corrected chi connectivity index (χ2v) is 7.66. The maximum absolute atomic E-state index is 12.9. The molecule has 0 aliphatic carbocycles. The summed E-state index contributed by atoms with van der Waals surface area (Å²) in [5.41, 5.74) is 1.21. The Morgan fingerprint density at radius 1 is 1.13 bits per heavy atom. The summed E-state index contributed by atoms with van der Waals surface area (Å²) in [5.74, 6) is 0.428. The zero-order chi connectivity index (χ0) is 16.4. The van der Waals surface area contributed by atoms with E-state index in [9.17, 15) is 13.2 Å². The Morgan fingerprint density at radius 2 is 1.83 bits per heavy atom. The lowest BCUT2D eigenvalue weighted by molar-refractivity contribution is -0.116.